The summed E-state index contributed by atoms with van der Waals surface area (Å²) in [5.41, 5.74) is 1.13. The highest BCUT2D eigenvalue weighted by molar-refractivity contribution is 7.80. The molecule has 0 fully saturated rings. The molecule has 2 atom stereocenters. The van der Waals surface area contributed by atoms with E-state index < -0.39 is 12.2 Å². The standard InChI is InChI=1S/C13H20O3S/c1-13(2,3)9-6-8(4-5-10(9)14)12(16)11(15)7-17/h4-6,11-12,14-17H,7H2,1-3H3. The second-order valence-corrected chi connectivity index (χ2v) is 5.59. The Kier molecular flexibility index (Phi) is 4.47. The summed E-state index contributed by atoms with van der Waals surface area (Å²) in [6.07, 6.45) is -1.88. The third-order valence-corrected chi connectivity index (χ3v) is 3.10. The SMILES string of the molecule is CC(C)(C)c1cc(C(O)C(O)CS)ccc1O. The highest BCUT2D eigenvalue weighted by atomic mass is 32.1. The summed E-state index contributed by atoms with van der Waals surface area (Å²) in [7, 11) is 0. The Morgan fingerprint density at radius 2 is 1.82 bits per heavy atom. The molecular formula is C13H20O3S. The van der Waals surface area contributed by atoms with Crippen LogP contribution in [0.15, 0.2) is 18.2 Å². The van der Waals surface area contributed by atoms with Gasteiger partial charge in [-0.25, -0.2) is 0 Å². The molecule has 0 aliphatic carbocycles. The number of thiol groups is 1. The first-order valence-electron chi connectivity index (χ1n) is 5.57. The number of aliphatic hydroxyl groups excluding tert-OH is 2. The quantitative estimate of drug-likeness (QED) is 0.626. The van der Waals surface area contributed by atoms with Crippen LogP contribution in [0.3, 0.4) is 0 Å². The maximum absolute atomic E-state index is 9.89. The molecule has 1 rings (SSSR count). The zero-order chi connectivity index (χ0) is 13.2. The second kappa shape index (κ2) is 5.29. The molecule has 96 valence electrons. The topological polar surface area (TPSA) is 60.7 Å². The Morgan fingerprint density at radius 1 is 1.24 bits per heavy atom. The fraction of sp³-hybridized carbons (Fsp3) is 0.538. The lowest BCUT2D eigenvalue weighted by molar-refractivity contribution is 0.0336. The van der Waals surface area contributed by atoms with Crippen LogP contribution in [0.1, 0.15) is 38.0 Å². The molecular weight excluding hydrogens is 236 g/mol. The predicted molar refractivity (Wildman–Crippen MR) is 71.6 cm³/mol. The van der Waals surface area contributed by atoms with Crippen molar-refractivity contribution in [2.75, 3.05) is 5.75 Å². The number of benzene rings is 1. The van der Waals surface area contributed by atoms with Gasteiger partial charge in [-0.1, -0.05) is 26.8 Å². The third kappa shape index (κ3) is 3.37. The molecule has 0 saturated carbocycles. The first-order valence-corrected chi connectivity index (χ1v) is 6.21. The number of aliphatic hydroxyl groups is 2. The lowest BCUT2D eigenvalue weighted by atomic mass is 9.84. The van der Waals surface area contributed by atoms with Crippen LogP contribution in [-0.4, -0.2) is 27.2 Å². The van der Waals surface area contributed by atoms with Crippen LogP contribution in [-0.2, 0) is 5.41 Å². The number of phenols is 1. The number of rotatable bonds is 3. The summed E-state index contributed by atoms with van der Waals surface area (Å²) >= 11 is 3.95. The minimum Gasteiger partial charge on any atom is -0.508 e. The number of hydrogen-bond donors (Lipinski definition) is 4. The van der Waals surface area contributed by atoms with E-state index in [1.54, 1.807) is 18.2 Å². The van der Waals surface area contributed by atoms with E-state index in [0.29, 0.717) is 5.56 Å². The maximum atomic E-state index is 9.89. The molecule has 0 spiro atoms. The average Bonchev–Trinajstić information content (AvgIpc) is 2.26. The Hall–Kier alpha value is -0.710. The Balaban J connectivity index is 3.13. The molecule has 0 bridgehead atoms. The van der Waals surface area contributed by atoms with Gasteiger partial charge in [0.25, 0.3) is 0 Å². The van der Waals surface area contributed by atoms with Crippen LogP contribution in [0.2, 0.25) is 0 Å². The van der Waals surface area contributed by atoms with Crippen LogP contribution < -0.4 is 0 Å². The van der Waals surface area contributed by atoms with Crippen LogP contribution in [0, 0.1) is 0 Å². The van der Waals surface area contributed by atoms with Crippen LogP contribution in [0.4, 0.5) is 0 Å². The fourth-order valence-electron chi connectivity index (χ4n) is 1.66. The van der Waals surface area contributed by atoms with Gasteiger partial charge in [0.15, 0.2) is 0 Å². The van der Waals surface area contributed by atoms with E-state index in [1.807, 2.05) is 20.8 Å². The van der Waals surface area contributed by atoms with E-state index in [2.05, 4.69) is 12.6 Å². The molecule has 3 N–H and O–H groups in total. The summed E-state index contributed by atoms with van der Waals surface area (Å²) < 4.78 is 0. The fourth-order valence-corrected chi connectivity index (χ4v) is 1.86. The van der Waals surface area contributed by atoms with Crippen molar-refractivity contribution >= 4 is 12.6 Å². The predicted octanol–water partition coefficient (Wildman–Crippen LogP) is 2.01. The van der Waals surface area contributed by atoms with Crippen molar-refractivity contribution in [1.82, 2.24) is 0 Å². The van der Waals surface area contributed by atoms with Crippen molar-refractivity contribution in [1.29, 1.82) is 0 Å². The summed E-state index contributed by atoms with van der Waals surface area (Å²) in [6, 6.07) is 4.89. The first-order chi connectivity index (χ1) is 7.77. The monoisotopic (exact) mass is 256 g/mol. The largest absolute Gasteiger partial charge is 0.508 e. The molecule has 0 aliphatic rings. The molecule has 0 saturated heterocycles. The first kappa shape index (κ1) is 14.4. The summed E-state index contributed by atoms with van der Waals surface area (Å²) in [4.78, 5) is 0. The van der Waals surface area contributed by atoms with Gasteiger partial charge in [-0.15, -0.1) is 0 Å². The minimum atomic E-state index is -0.978. The van der Waals surface area contributed by atoms with E-state index in [0.717, 1.165) is 5.56 Å². The normalized spacial score (nSPS) is 15.6. The average molecular weight is 256 g/mol. The molecule has 3 nitrogen and oxygen atoms in total. The highest BCUT2D eigenvalue weighted by Gasteiger charge is 2.22. The molecule has 4 heteroatoms. The van der Waals surface area contributed by atoms with Crippen molar-refractivity contribution in [3.63, 3.8) is 0 Å². The van der Waals surface area contributed by atoms with Gasteiger partial charge in [-0.05, 0) is 28.7 Å². The van der Waals surface area contributed by atoms with Crippen molar-refractivity contribution < 1.29 is 15.3 Å². The number of hydrogen-bond acceptors (Lipinski definition) is 4. The summed E-state index contributed by atoms with van der Waals surface area (Å²) in [5, 5.41) is 29.2. The molecule has 0 amide bonds. The zero-order valence-electron chi connectivity index (χ0n) is 10.4. The van der Waals surface area contributed by atoms with Crippen molar-refractivity contribution in [2.24, 2.45) is 0 Å². The van der Waals surface area contributed by atoms with Gasteiger partial charge < -0.3 is 15.3 Å². The maximum Gasteiger partial charge on any atom is 0.119 e. The van der Waals surface area contributed by atoms with Gasteiger partial charge in [0.05, 0.1) is 6.10 Å². The minimum absolute atomic E-state index is 0.187. The molecule has 0 aromatic heterocycles. The highest BCUT2D eigenvalue weighted by Crippen LogP contribution is 2.33. The summed E-state index contributed by atoms with van der Waals surface area (Å²) in [5.74, 6) is 0.390. The zero-order valence-corrected chi connectivity index (χ0v) is 11.3. The van der Waals surface area contributed by atoms with E-state index in [-0.39, 0.29) is 16.9 Å². The van der Waals surface area contributed by atoms with Crippen molar-refractivity contribution in [3.8, 4) is 5.75 Å². The van der Waals surface area contributed by atoms with Gasteiger partial charge in [0, 0.05) is 5.75 Å². The molecule has 1 aromatic carbocycles. The van der Waals surface area contributed by atoms with E-state index in [4.69, 9.17) is 0 Å². The molecule has 0 heterocycles. The molecule has 2 unspecified atom stereocenters. The molecule has 0 radical (unpaired) electrons. The third-order valence-electron chi connectivity index (χ3n) is 2.72. The Morgan fingerprint density at radius 3 is 2.29 bits per heavy atom. The van der Waals surface area contributed by atoms with Crippen molar-refractivity contribution in [2.45, 2.75) is 38.4 Å². The van der Waals surface area contributed by atoms with Gasteiger partial charge in [-0.3, -0.25) is 0 Å². The van der Waals surface area contributed by atoms with Gasteiger partial charge >= 0.3 is 0 Å². The van der Waals surface area contributed by atoms with Crippen LogP contribution >= 0.6 is 12.6 Å². The van der Waals surface area contributed by atoms with E-state index in [9.17, 15) is 15.3 Å². The lowest BCUT2D eigenvalue weighted by Gasteiger charge is -2.23. The van der Waals surface area contributed by atoms with E-state index >= 15 is 0 Å². The van der Waals surface area contributed by atoms with Crippen molar-refractivity contribution in [3.05, 3.63) is 29.3 Å². The van der Waals surface area contributed by atoms with Gasteiger partial charge in [0.1, 0.15) is 11.9 Å². The summed E-state index contributed by atoms with van der Waals surface area (Å²) in [6.45, 7) is 5.94. The smallest absolute Gasteiger partial charge is 0.119 e. The molecule has 17 heavy (non-hydrogen) atoms. The van der Waals surface area contributed by atoms with E-state index in [1.165, 1.54) is 0 Å². The Bertz CT molecular complexity index is 385. The van der Waals surface area contributed by atoms with Gasteiger partial charge in [-0.2, -0.15) is 12.6 Å². The molecule has 1 aromatic rings. The van der Waals surface area contributed by atoms with Gasteiger partial charge in [0.2, 0.25) is 0 Å². The number of phenolic OH excluding ortho intramolecular Hbond substituents is 1. The molecule has 0 aliphatic heterocycles. The Labute approximate surface area is 108 Å². The van der Waals surface area contributed by atoms with Crippen LogP contribution in [0.5, 0.6) is 5.75 Å². The lowest BCUT2D eigenvalue weighted by Crippen LogP contribution is -2.20. The number of aromatic hydroxyl groups is 1. The van der Waals surface area contributed by atoms with Crippen LogP contribution in [0.25, 0.3) is 0 Å². The second-order valence-electron chi connectivity index (χ2n) is 5.22.